The fourth-order valence-corrected chi connectivity index (χ4v) is 1.93. The Kier molecular flexibility index (Phi) is 5.42. The summed E-state index contributed by atoms with van der Waals surface area (Å²) >= 11 is 0. The third-order valence-electron chi connectivity index (χ3n) is 2.58. The van der Waals surface area contributed by atoms with Crippen LogP contribution in [0.25, 0.3) is 0 Å². The Balaban J connectivity index is 2.42. The van der Waals surface area contributed by atoms with E-state index < -0.39 is 0 Å². The molecule has 0 radical (unpaired) electrons. The number of hydrogen-bond acceptors (Lipinski definition) is 4. The number of rotatable bonds is 7. The fraction of sp³-hybridized carbons (Fsp3) is 0.818. The zero-order chi connectivity index (χ0) is 12.0. The van der Waals surface area contributed by atoms with Crippen LogP contribution in [0.3, 0.4) is 0 Å². The number of aromatic nitrogens is 3. The van der Waals surface area contributed by atoms with Crippen molar-refractivity contribution in [3.63, 3.8) is 0 Å². The number of hydrogen-bond donors (Lipinski definition) is 1. The Morgan fingerprint density at radius 2 is 2.31 bits per heavy atom. The summed E-state index contributed by atoms with van der Waals surface area (Å²) in [6.45, 7) is 8.19. The van der Waals surface area contributed by atoms with Crippen LogP contribution in [0.2, 0.25) is 0 Å². The second-order valence-corrected chi connectivity index (χ2v) is 4.35. The van der Waals surface area contributed by atoms with Gasteiger partial charge in [-0.15, -0.1) is 0 Å². The summed E-state index contributed by atoms with van der Waals surface area (Å²) in [5.41, 5.74) is 0. The van der Waals surface area contributed by atoms with E-state index in [2.05, 4.69) is 41.2 Å². The summed E-state index contributed by atoms with van der Waals surface area (Å²) in [4.78, 5) is 6.56. The van der Waals surface area contributed by atoms with Crippen LogP contribution < -0.4 is 5.32 Å². The van der Waals surface area contributed by atoms with Crippen LogP contribution in [0, 0.1) is 5.92 Å². The minimum atomic E-state index is 0.646. The molecule has 5 heteroatoms. The first-order valence-electron chi connectivity index (χ1n) is 5.87. The smallest absolute Gasteiger partial charge is 0.140 e. The van der Waals surface area contributed by atoms with E-state index in [9.17, 15) is 0 Å². The molecule has 0 aliphatic rings. The maximum Gasteiger partial charge on any atom is 0.140 e. The molecule has 0 amide bonds. The summed E-state index contributed by atoms with van der Waals surface area (Å²) in [5, 5.41) is 7.36. The third-order valence-corrected chi connectivity index (χ3v) is 2.58. The lowest BCUT2D eigenvalue weighted by molar-refractivity contribution is 0.265. The van der Waals surface area contributed by atoms with Crippen LogP contribution in [-0.2, 0) is 13.1 Å². The van der Waals surface area contributed by atoms with Gasteiger partial charge in [-0.3, -0.25) is 4.90 Å². The molecule has 0 bridgehead atoms. The average Bonchev–Trinajstić information content (AvgIpc) is 2.65. The summed E-state index contributed by atoms with van der Waals surface area (Å²) < 4.78 is 1.94. The number of nitrogens with zero attached hydrogens (tertiary/aromatic N) is 4. The predicted molar refractivity (Wildman–Crippen MR) is 65.1 cm³/mol. The highest BCUT2D eigenvalue weighted by Gasteiger charge is 2.09. The summed E-state index contributed by atoms with van der Waals surface area (Å²) in [6, 6.07) is 0. The minimum absolute atomic E-state index is 0.646. The molecule has 0 aromatic carbocycles. The van der Waals surface area contributed by atoms with Crippen LogP contribution in [0.5, 0.6) is 0 Å². The fourth-order valence-electron chi connectivity index (χ4n) is 1.93. The highest BCUT2D eigenvalue weighted by molar-refractivity contribution is 4.84. The monoisotopic (exact) mass is 225 g/mol. The molecule has 0 saturated heterocycles. The SMILES string of the molecule is CCn1ncnc1CN(C)CC(C)CNC. The molecule has 16 heavy (non-hydrogen) atoms. The van der Waals surface area contributed by atoms with Crippen molar-refractivity contribution >= 4 is 0 Å². The molecular weight excluding hydrogens is 202 g/mol. The van der Waals surface area contributed by atoms with Gasteiger partial charge in [0, 0.05) is 13.1 Å². The molecule has 1 aromatic rings. The van der Waals surface area contributed by atoms with Gasteiger partial charge in [-0.25, -0.2) is 9.67 Å². The van der Waals surface area contributed by atoms with Crippen molar-refractivity contribution in [1.82, 2.24) is 25.0 Å². The molecule has 0 fully saturated rings. The first-order chi connectivity index (χ1) is 7.67. The highest BCUT2D eigenvalue weighted by atomic mass is 15.3. The highest BCUT2D eigenvalue weighted by Crippen LogP contribution is 2.02. The molecule has 1 aromatic heterocycles. The van der Waals surface area contributed by atoms with Crippen LogP contribution in [0.15, 0.2) is 6.33 Å². The van der Waals surface area contributed by atoms with E-state index in [-0.39, 0.29) is 0 Å². The lowest BCUT2D eigenvalue weighted by Crippen LogP contribution is -2.30. The van der Waals surface area contributed by atoms with Gasteiger partial charge < -0.3 is 5.32 Å². The summed E-state index contributed by atoms with van der Waals surface area (Å²) in [7, 11) is 4.12. The van der Waals surface area contributed by atoms with E-state index in [0.29, 0.717) is 5.92 Å². The molecule has 1 unspecified atom stereocenters. The van der Waals surface area contributed by atoms with Crippen molar-refractivity contribution in [3.8, 4) is 0 Å². The summed E-state index contributed by atoms with van der Waals surface area (Å²) in [6.07, 6.45) is 1.63. The summed E-state index contributed by atoms with van der Waals surface area (Å²) in [5.74, 6) is 1.69. The van der Waals surface area contributed by atoms with Crippen LogP contribution in [-0.4, -0.2) is 46.8 Å². The first kappa shape index (κ1) is 13.1. The van der Waals surface area contributed by atoms with Gasteiger partial charge in [0.05, 0.1) is 6.54 Å². The molecule has 0 aliphatic carbocycles. The lowest BCUT2D eigenvalue weighted by atomic mass is 10.1. The molecule has 0 aliphatic heterocycles. The first-order valence-corrected chi connectivity index (χ1v) is 5.87. The van der Waals surface area contributed by atoms with E-state index in [1.807, 2.05) is 11.7 Å². The Morgan fingerprint density at radius 3 is 2.94 bits per heavy atom. The van der Waals surface area contributed by atoms with E-state index >= 15 is 0 Å². The third kappa shape index (κ3) is 3.90. The van der Waals surface area contributed by atoms with Crippen molar-refractivity contribution < 1.29 is 0 Å². The van der Waals surface area contributed by atoms with Crippen LogP contribution in [0.4, 0.5) is 0 Å². The maximum atomic E-state index is 4.27. The molecule has 5 nitrogen and oxygen atoms in total. The topological polar surface area (TPSA) is 46.0 Å². The van der Waals surface area contributed by atoms with Crippen LogP contribution in [0.1, 0.15) is 19.7 Å². The molecule has 1 atom stereocenters. The molecule has 0 saturated carbocycles. The molecular formula is C11H23N5. The average molecular weight is 225 g/mol. The van der Waals surface area contributed by atoms with Crippen molar-refractivity contribution in [1.29, 1.82) is 0 Å². The Labute approximate surface area is 97.9 Å². The zero-order valence-corrected chi connectivity index (χ0v) is 10.8. The molecule has 1 rings (SSSR count). The maximum absolute atomic E-state index is 4.27. The second kappa shape index (κ2) is 6.60. The molecule has 92 valence electrons. The van der Waals surface area contributed by atoms with Gasteiger partial charge in [0.25, 0.3) is 0 Å². The standard InChI is InChI=1S/C11H23N5/c1-5-16-11(13-9-14-16)8-15(4)7-10(2)6-12-3/h9-10,12H,5-8H2,1-4H3. The van der Waals surface area contributed by atoms with Gasteiger partial charge in [-0.05, 0) is 33.5 Å². The zero-order valence-electron chi connectivity index (χ0n) is 10.8. The largest absolute Gasteiger partial charge is 0.319 e. The Morgan fingerprint density at radius 1 is 1.56 bits per heavy atom. The van der Waals surface area contributed by atoms with E-state index in [1.54, 1.807) is 6.33 Å². The van der Waals surface area contributed by atoms with E-state index in [0.717, 1.165) is 32.0 Å². The van der Waals surface area contributed by atoms with Gasteiger partial charge >= 0.3 is 0 Å². The lowest BCUT2D eigenvalue weighted by Gasteiger charge is -2.20. The van der Waals surface area contributed by atoms with E-state index in [4.69, 9.17) is 0 Å². The predicted octanol–water partition coefficient (Wildman–Crippen LogP) is 0.585. The van der Waals surface area contributed by atoms with Gasteiger partial charge in [0.1, 0.15) is 12.2 Å². The van der Waals surface area contributed by atoms with E-state index in [1.165, 1.54) is 0 Å². The number of nitrogens with one attached hydrogen (secondary N) is 1. The minimum Gasteiger partial charge on any atom is -0.319 e. The molecule has 1 N–H and O–H groups in total. The Hall–Kier alpha value is -0.940. The van der Waals surface area contributed by atoms with Crippen molar-refractivity contribution in [2.75, 3.05) is 27.2 Å². The van der Waals surface area contributed by atoms with Gasteiger partial charge in [0.2, 0.25) is 0 Å². The molecule has 0 spiro atoms. The quantitative estimate of drug-likeness (QED) is 0.737. The Bertz CT molecular complexity index is 296. The van der Waals surface area contributed by atoms with Crippen molar-refractivity contribution in [2.45, 2.75) is 26.9 Å². The molecule has 1 heterocycles. The van der Waals surface area contributed by atoms with Crippen molar-refractivity contribution in [2.24, 2.45) is 5.92 Å². The van der Waals surface area contributed by atoms with Gasteiger partial charge in [0.15, 0.2) is 0 Å². The second-order valence-electron chi connectivity index (χ2n) is 4.35. The van der Waals surface area contributed by atoms with Crippen LogP contribution >= 0.6 is 0 Å². The van der Waals surface area contributed by atoms with Gasteiger partial charge in [-0.2, -0.15) is 5.10 Å². The van der Waals surface area contributed by atoms with Crippen molar-refractivity contribution in [3.05, 3.63) is 12.2 Å². The van der Waals surface area contributed by atoms with Gasteiger partial charge in [-0.1, -0.05) is 6.92 Å². The normalized spacial score (nSPS) is 13.3. The number of aryl methyl sites for hydroxylation is 1.